The molecule has 1 aliphatic heterocycles. The third-order valence-corrected chi connectivity index (χ3v) is 6.99. The van der Waals surface area contributed by atoms with Crippen molar-refractivity contribution in [2.24, 2.45) is 0 Å². The maximum Gasteiger partial charge on any atom is 0.270 e. The van der Waals surface area contributed by atoms with Crippen LogP contribution in [0.15, 0.2) is 53.4 Å². The van der Waals surface area contributed by atoms with Gasteiger partial charge in [-0.15, -0.1) is 0 Å². The Balaban J connectivity index is 2.38. The number of benzene rings is 2. The molecule has 0 bridgehead atoms. The van der Waals surface area contributed by atoms with Crippen LogP contribution in [0.2, 0.25) is 5.02 Å². The molecule has 0 radical (unpaired) electrons. The van der Waals surface area contributed by atoms with Crippen LogP contribution in [0.5, 0.6) is 0 Å². The molecule has 0 aliphatic carbocycles. The average molecular weight is 419 g/mol. The summed E-state index contributed by atoms with van der Waals surface area (Å²) in [5.41, 5.74) is 2.18. The van der Waals surface area contributed by atoms with Gasteiger partial charge >= 0.3 is 0 Å². The lowest BCUT2D eigenvalue weighted by Gasteiger charge is -2.33. The fraction of sp³-hybridized carbons (Fsp3) is 0.286. The highest BCUT2D eigenvalue weighted by Gasteiger charge is 2.40. The number of rotatable bonds is 5. The van der Waals surface area contributed by atoms with Crippen molar-refractivity contribution in [1.82, 2.24) is 5.32 Å². The Labute approximate surface area is 171 Å². The van der Waals surface area contributed by atoms with Crippen molar-refractivity contribution in [2.75, 3.05) is 10.8 Å². The van der Waals surface area contributed by atoms with Crippen molar-refractivity contribution >= 4 is 38.8 Å². The third kappa shape index (κ3) is 3.54. The van der Waals surface area contributed by atoms with Gasteiger partial charge in [0, 0.05) is 28.7 Å². The molecule has 1 amide bonds. The predicted molar refractivity (Wildman–Crippen MR) is 114 cm³/mol. The minimum Gasteiger partial charge on any atom is -0.349 e. The van der Waals surface area contributed by atoms with Gasteiger partial charge in [-0.1, -0.05) is 48.9 Å². The summed E-state index contributed by atoms with van der Waals surface area (Å²) in [5.74, 6) is -0.600. The molecule has 148 valence electrons. The minimum atomic E-state index is -4.03. The summed E-state index contributed by atoms with van der Waals surface area (Å²) < 4.78 is 28.2. The molecule has 1 unspecified atom stereocenters. The van der Waals surface area contributed by atoms with Gasteiger partial charge in [-0.2, -0.15) is 0 Å². The Morgan fingerprint density at radius 2 is 1.82 bits per heavy atom. The Bertz CT molecular complexity index is 1030. The molecule has 5 nitrogen and oxygen atoms in total. The standard InChI is InChI=1S/C21H23ClN2O3S/c1-4-14(3)23-21(25)20-19(15-9-7-6-8-10-15)17-13-16(22)11-12-18(17)24(5-2)28(20,26)27/h6-14H,4-5H2,1-3H3,(H,23,25). The number of halogens is 1. The van der Waals surface area contributed by atoms with Crippen LogP contribution in [0.4, 0.5) is 5.69 Å². The Morgan fingerprint density at radius 1 is 1.14 bits per heavy atom. The van der Waals surface area contributed by atoms with Gasteiger partial charge in [0.15, 0.2) is 4.91 Å². The first kappa shape index (κ1) is 20.4. The maximum absolute atomic E-state index is 13.5. The third-order valence-electron chi connectivity index (χ3n) is 4.82. The minimum absolute atomic E-state index is 0.150. The molecule has 1 N–H and O–H groups in total. The molecule has 2 aromatic rings. The summed E-state index contributed by atoms with van der Waals surface area (Å²) in [6.45, 7) is 5.73. The highest BCUT2D eigenvalue weighted by Crippen LogP contribution is 2.43. The van der Waals surface area contributed by atoms with Crippen molar-refractivity contribution in [2.45, 2.75) is 33.2 Å². The van der Waals surface area contributed by atoms with Crippen LogP contribution in [0, 0.1) is 0 Å². The molecule has 0 saturated heterocycles. The first-order valence-electron chi connectivity index (χ1n) is 9.24. The monoisotopic (exact) mass is 418 g/mol. The predicted octanol–water partition coefficient (Wildman–Crippen LogP) is 4.18. The van der Waals surface area contributed by atoms with Gasteiger partial charge in [-0.3, -0.25) is 9.10 Å². The lowest BCUT2D eigenvalue weighted by molar-refractivity contribution is -0.117. The molecule has 0 saturated carbocycles. The van der Waals surface area contributed by atoms with Crippen molar-refractivity contribution in [3.8, 4) is 0 Å². The zero-order chi connectivity index (χ0) is 20.5. The summed E-state index contributed by atoms with van der Waals surface area (Å²) in [5, 5.41) is 3.29. The van der Waals surface area contributed by atoms with Crippen LogP contribution in [-0.4, -0.2) is 26.9 Å². The van der Waals surface area contributed by atoms with E-state index < -0.39 is 15.9 Å². The van der Waals surface area contributed by atoms with Crippen LogP contribution < -0.4 is 9.62 Å². The molecule has 1 heterocycles. The zero-order valence-corrected chi connectivity index (χ0v) is 17.6. The van der Waals surface area contributed by atoms with E-state index in [-0.39, 0.29) is 17.5 Å². The highest BCUT2D eigenvalue weighted by atomic mass is 35.5. The van der Waals surface area contributed by atoms with E-state index in [9.17, 15) is 13.2 Å². The molecule has 0 fully saturated rings. The molecule has 0 aromatic heterocycles. The number of carbonyl (C=O) groups is 1. The second-order valence-electron chi connectivity index (χ2n) is 6.68. The topological polar surface area (TPSA) is 66.5 Å². The van der Waals surface area contributed by atoms with E-state index in [1.54, 1.807) is 37.3 Å². The molecular formula is C21H23ClN2O3S. The largest absolute Gasteiger partial charge is 0.349 e. The smallest absolute Gasteiger partial charge is 0.270 e. The van der Waals surface area contributed by atoms with E-state index in [1.807, 2.05) is 32.0 Å². The van der Waals surface area contributed by atoms with Crippen LogP contribution in [0.25, 0.3) is 5.57 Å². The second kappa shape index (κ2) is 7.97. The first-order valence-corrected chi connectivity index (χ1v) is 11.1. The SMILES string of the molecule is CCC(C)NC(=O)C1=C(c2ccccc2)c2cc(Cl)ccc2N(CC)S1(=O)=O. The van der Waals surface area contributed by atoms with Gasteiger partial charge in [0.1, 0.15) is 0 Å². The Kier molecular flexibility index (Phi) is 5.82. The Morgan fingerprint density at radius 3 is 2.43 bits per heavy atom. The van der Waals surface area contributed by atoms with Gasteiger partial charge in [-0.25, -0.2) is 8.42 Å². The summed E-state index contributed by atoms with van der Waals surface area (Å²) in [4.78, 5) is 12.9. The summed E-state index contributed by atoms with van der Waals surface area (Å²) in [6, 6.07) is 14.0. The first-order chi connectivity index (χ1) is 13.3. The van der Waals surface area contributed by atoms with E-state index >= 15 is 0 Å². The number of sulfonamides is 1. The van der Waals surface area contributed by atoms with E-state index in [0.29, 0.717) is 33.8 Å². The number of amides is 1. The van der Waals surface area contributed by atoms with Crippen LogP contribution in [0.3, 0.4) is 0 Å². The summed E-state index contributed by atoms with van der Waals surface area (Å²) in [7, 11) is -4.03. The maximum atomic E-state index is 13.5. The van der Waals surface area contributed by atoms with Crippen LogP contribution in [0.1, 0.15) is 38.3 Å². The number of carbonyl (C=O) groups excluding carboxylic acids is 1. The lowest BCUT2D eigenvalue weighted by atomic mass is 9.95. The van der Waals surface area contributed by atoms with E-state index in [0.717, 1.165) is 0 Å². The number of hydrogen-bond donors (Lipinski definition) is 1. The number of nitrogens with zero attached hydrogens (tertiary/aromatic N) is 1. The molecule has 2 aromatic carbocycles. The quantitative estimate of drug-likeness (QED) is 0.791. The van der Waals surface area contributed by atoms with E-state index in [1.165, 1.54) is 4.31 Å². The van der Waals surface area contributed by atoms with Crippen molar-refractivity contribution in [3.05, 3.63) is 69.6 Å². The zero-order valence-electron chi connectivity index (χ0n) is 16.1. The molecule has 1 aliphatic rings. The number of hydrogen-bond acceptors (Lipinski definition) is 3. The molecule has 3 rings (SSSR count). The number of fused-ring (bicyclic) bond motifs is 1. The van der Waals surface area contributed by atoms with Crippen LogP contribution >= 0.6 is 11.6 Å². The van der Waals surface area contributed by atoms with Crippen LogP contribution in [-0.2, 0) is 14.8 Å². The fourth-order valence-electron chi connectivity index (χ4n) is 3.27. The van der Waals surface area contributed by atoms with Gasteiger partial charge < -0.3 is 5.32 Å². The van der Waals surface area contributed by atoms with E-state index in [2.05, 4.69) is 5.32 Å². The highest BCUT2D eigenvalue weighted by molar-refractivity contribution is 7.97. The summed E-state index contributed by atoms with van der Waals surface area (Å²) >= 11 is 6.23. The molecule has 1 atom stereocenters. The lowest BCUT2D eigenvalue weighted by Crippen LogP contribution is -2.43. The second-order valence-corrected chi connectivity index (χ2v) is 8.92. The number of anilines is 1. The van der Waals surface area contributed by atoms with Crippen molar-refractivity contribution in [3.63, 3.8) is 0 Å². The molecule has 0 spiro atoms. The fourth-order valence-corrected chi connectivity index (χ4v) is 5.20. The molecule has 28 heavy (non-hydrogen) atoms. The van der Waals surface area contributed by atoms with E-state index in [4.69, 9.17) is 11.6 Å². The van der Waals surface area contributed by atoms with Gasteiger partial charge in [0.05, 0.1) is 5.69 Å². The summed E-state index contributed by atoms with van der Waals surface area (Å²) in [6.07, 6.45) is 0.694. The van der Waals surface area contributed by atoms with Gasteiger partial charge in [0.2, 0.25) is 0 Å². The van der Waals surface area contributed by atoms with Gasteiger partial charge in [0.25, 0.3) is 15.9 Å². The van der Waals surface area contributed by atoms with Gasteiger partial charge in [-0.05, 0) is 44.0 Å². The average Bonchev–Trinajstić information content (AvgIpc) is 2.67. The van der Waals surface area contributed by atoms with Crippen molar-refractivity contribution in [1.29, 1.82) is 0 Å². The van der Waals surface area contributed by atoms with Crippen molar-refractivity contribution < 1.29 is 13.2 Å². The number of nitrogens with one attached hydrogen (secondary N) is 1. The Hall–Kier alpha value is -2.31. The molecular weight excluding hydrogens is 396 g/mol. The normalized spacial score (nSPS) is 16.5. The molecule has 7 heteroatoms.